The molecular formula is C46H82O3. The van der Waals surface area contributed by atoms with Crippen LogP contribution in [0.15, 0.2) is 0 Å². The van der Waals surface area contributed by atoms with E-state index in [9.17, 15) is 0 Å². The van der Waals surface area contributed by atoms with E-state index in [0.717, 1.165) is 23.7 Å². The van der Waals surface area contributed by atoms with Crippen molar-refractivity contribution in [3.63, 3.8) is 0 Å². The van der Waals surface area contributed by atoms with Crippen molar-refractivity contribution in [2.24, 2.45) is 23.7 Å². The van der Waals surface area contributed by atoms with Crippen LogP contribution in [0.1, 0.15) is 231 Å². The van der Waals surface area contributed by atoms with E-state index in [-0.39, 0.29) is 0 Å². The van der Waals surface area contributed by atoms with Crippen molar-refractivity contribution in [2.45, 2.75) is 268 Å². The van der Waals surface area contributed by atoms with Gasteiger partial charge in [0.05, 0.1) is 36.6 Å². The fourth-order valence-electron chi connectivity index (χ4n) is 11.1. The normalized spacial score (nSPS) is 33.4. The van der Waals surface area contributed by atoms with Crippen LogP contribution in [-0.2, 0) is 14.2 Å². The fourth-order valence-corrected chi connectivity index (χ4v) is 11.1. The predicted molar refractivity (Wildman–Crippen MR) is 206 cm³/mol. The lowest BCUT2D eigenvalue weighted by molar-refractivity contribution is -0.173. The Hall–Kier alpha value is -0.120. The maximum Gasteiger partial charge on any atom is 0.0844 e. The standard InChI is InChI=1S/C46H82O3/c1(2-5-13-19-25-38-28-30-43-45(34-38)48-43)4-10-16-22-37(24-18-12-8-9-14-20-26-39-29-31-44-46(35-39)49-44)23-17-11-6-3-7-15-21-27-40-32-41-36-42(33-40)47-41/h37-46H,1-36H2. The highest BCUT2D eigenvalue weighted by atomic mass is 16.6. The van der Waals surface area contributed by atoms with E-state index in [1.54, 1.807) is 0 Å². The number of fused-ring (bicyclic) bond motifs is 4. The summed E-state index contributed by atoms with van der Waals surface area (Å²) in [4.78, 5) is 0. The highest BCUT2D eigenvalue weighted by Crippen LogP contribution is 2.43. The monoisotopic (exact) mass is 683 g/mol. The average molecular weight is 683 g/mol. The van der Waals surface area contributed by atoms with Crippen LogP contribution in [0, 0.1) is 23.7 Å². The summed E-state index contributed by atoms with van der Waals surface area (Å²) in [6, 6.07) is 0. The van der Waals surface area contributed by atoms with Gasteiger partial charge in [-0.05, 0) is 81.5 Å². The smallest absolute Gasteiger partial charge is 0.0844 e. The van der Waals surface area contributed by atoms with Gasteiger partial charge in [0, 0.05) is 0 Å². The Morgan fingerprint density at radius 1 is 0.306 bits per heavy atom. The van der Waals surface area contributed by atoms with Gasteiger partial charge in [-0.3, -0.25) is 0 Å². The number of hydrogen-bond acceptors (Lipinski definition) is 3. The van der Waals surface area contributed by atoms with E-state index in [1.165, 1.54) is 231 Å². The van der Waals surface area contributed by atoms with Gasteiger partial charge in [-0.1, -0.05) is 173 Å². The van der Waals surface area contributed by atoms with E-state index < -0.39 is 0 Å². The number of epoxide rings is 2. The summed E-state index contributed by atoms with van der Waals surface area (Å²) in [7, 11) is 0. The van der Waals surface area contributed by atoms with Gasteiger partial charge < -0.3 is 14.2 Å². The van der Waals surface area contributed by atoms with Gasteiger partial charge in [0.2, 0.25) is 0 Å². The zero-order chi connectivity index (χ0) is 33.4. The molecule has 3 heteroatoms. The molecule has 3 aliphatic carbocycles. The maximum atomic E-state index is 5.84. The Kier molecular flexibility index (Phi) is 17.5. The number of hydrogen-bond donors (Lipinski definition) is 0. The molecule has 9 atom stereocenters. The quantitative estimate of drug-likeness (QED) is 0.0558. The molecule has 3 saturated carbocycles. The lowest BCUT2D eigenvalue weighted by atomic mass is 9.78. The summed E-state index contributed by atoms with van der Waals surface area (Å²) in [5.74, 6) is 3.97. The first kappa shape index (κ1) is 38.6. The molecule has 0 N–H and O–H groups in total. The maximum absolute atomic E-state index is 5.84. The largest absolute Gasteiger partial charge is 0.375 e. The minimum absolute atomic E-state index is 0.646. The molecule has 7 aliphatic rings. The molecule has 4 heterocycles. The number of ether oxygens (including phenoxy) is 3. The molecule has 284 valence electrons. The van der Waals surface area contributed by atoms with Crippen molar-refractivity contribution in [3.8, 4) is 0 Å². The van der Waals surface area contributed by atoms with Crippen molar-refractivity contribution in [2.75, 3.05) is 0 Å². The lowest BCUT2D eigenvalue weighted by Crippen LogP contribution is -2.45. The highest BCUT2D eigenvalue weighted by Gasteiger charge is 2.44. The fraction of sp³-hybridized carbons (Fsp3) is 1.00. The van der Waals surface area contributed by atoms with Crippen LogP contribution < -0.4 is 0 Å². The van der Waals surface area contributed by atoms with Crippen LogP contribution in [0.2, 0.25) is 0 Å². The molecule has 0 amide bonds. The van der Waals surface area contributed by atoms with Crippen molar-refractivity contribution >= 4 is 0 Å². The number of unbranched alkanes of at least 4 members (excludes halogenated alkanes) is 18. The van der Waals surface area contributed by atoms with Crippen LogP contribution >= 0.6 is 0 Å². The van der Waals surface area contributed by atoms with E-state index in [2.05, 4.69) is 0 Å². The van der Waals surface area contributed by atoms with E-state index in [0.29, 0.717) is 36.6 Å². The summed E-state index contributed by atoms with van der Waals surface area (Å²) in [6.45, 7) is 0. The summed E-state index contributed by atoms with van der Waals surface area (Å²) in [5.41, 5.74) is 0. The molecular weight excluding hydrogens is 601 g/mol. The Morgan fingerprint density at radius 3 is 1.04 bits per heavy atom. The van der Waals surface area contributed by atoms with Gasteiger partial charge in [-0.2, -0.15) is 0 Å². The molecule has 49 heavy (non-hydrogen) atoms. The SMILES string of the molecule is C(CCCCCC1CCC2OC2C1)CCCCC(CCCCCCCCCC1CC2CC(C1)O2)CCCCCCCCC1CCC2OC2C1. The summed E-state index contributed by atoms with van der Waals surface area (Å²) in [5, 5.41) is 0. The van der Waals surface area contributed by atoms with E-state index in [4.69, 9.17) is 14.2 Å². The van der Waals surface area contributed by atoms with Crippen LogP contribution in [0.5, 0.6) is 0 Å². The van der Waals surface area contributed by atoms with Crippen molar-refractivity contribution in [3.05, 3.63) is 0 Å². The Morgan fingerprint density at radius 2 is 0.653 bits per heavy atom. The van der Waals surface area contributed by atoms with Crippen LogP contribution in [0.4, 0.5) is 0 Å². The molecule has 7 fully saturated rings. The molecule has 4 aliphatic heterocycles. The van der Waals surface area contributed by atoms with Crippen molar-refractivity contribution in [1.29, 1.82) is 0 Å². The highest BCUT2D eigenvalue weighted by molar-refractivity contribution is 4.92. The van der Waals surface area contributed by atoms with Gasteiger partial charge in [-0.25, -0.2) is 0 Å². The lowest BCUT2D eigenvalue weighted by Gasteiger charge is -2.45. The number of rotatable bonds is 30. The molecule has 0 spiro atoms. The molecule has 2 bridgehead atoms. The van der Waals surface area contributed by atoms with Gasteiger partial charge in [-0.15, -0.1) is 0 Å². The second-order valence-corrected chi connectivity index (χ2v) is 18.8. The van der Waals surface area contributed by atoms with Gasteiger partial charge in [0.1, 0.15) is 0 Å². The molecule has 7 rings (SSSR count). The van der Waals surface area contributed by atoms with E-state index >= 15 is 0 Å². The zero-order valence-corrected chi connectivity index (χ0v) is 32.5. The first-order valence-corrected chi connectivity index (χ1v) is 23.2. The molecule has 0 aromatic rings. The Balaban J connectivity index is 0.738. The second-order valence-electron chi connectivity index (χ2n) is 18.8. The average Bonchev–Trinajstić information content (AvgIpc) is 4.04. The third-order valence-corrected chi connectivity index (χ3v) is 14.5. The summed E-state index contributed by atoms with van der Waals surface area (Å²) >= 11 is 0. The van der Waals surface area contributed by atoms with Crippen molar-refractivity contribution in [1.82, 2.24) is 0 Å². The molecule has 3 nitrogen and oxygen atoms in total. The molecule has 4 saturated heterocycles. The van der Waals surface area contributed by atoms with Gasteiger partial charge in [0.25, 0.3) is 0 Å². The minimum Gasteiger partial charge on any atom is -0.375 e. The van der Waals surface area contributed by atoms with E-state index in [1.807, 2.05) is 0 Å². The molecule has 0 aromatic heterocycles. The summed E-state index contributed by atoms with van der Waals surface area (Å²) in [6.07, 6.45) is 56.6. The topological polar surface area (TPSA) is 34.3 Å². The minimum atomic E-state index is 0.646. The third-order valence-electron chi connectivity index (χ3n) is 14.5. The second kappa shape index (κ2) is 22.2. The first-order chi connectivity index (χ1) is 24.3. The zero-order valence-electron chi connectivity index (χ0n) is 32.5. The van der Waals surface area contributed by atoms with Crippen LogP contribution in [0.25, 0.3) is 0 Å². The molecule has 0 radical (unpaired) electrons. The third kappa shape index (κ3) is 15.0. The van der Waals surface area contributed by atoms with Crippen molar-refractivity contribution < 1.29 is 14.2 Å². The van der Waals surface area contributed by atoms with Crippen LogP contribution in [-0.4, -0.2) is 36.6 Å². The first-order valence-electron chi connectivity index (χ1n) is 23.2. The summed E-state index contributed by atoms with van der Waals surface area (Å²) < 4.78 is 17.3. The molecule has 9 unspecified atom stereocenters. The predicted octanol–water partition coefficient (Wildman–Crippen LogP) is 13.8. The van der Waals surface area contributed by atoms with Crippen LogP contribution in [0.3, 0.4) is 0 Å². The Bertz CT molecular complexity index is 843. The molecule has 0 aromatic carbocycles. The van der Waals surface area contributed by atoms with Gasteiger partial charge >= 0.3 is 0 Å². The van der Waals surface area contributed by atoms with Gasteiger partial charge in [0.15, 0.2) is 0 Å². The Labute approximate surface area is 304 Å².